The van der Waals surface area contributed by atoms with Gasteiger partial charge in [-0.1, -0.05) is 6.92 Å². The van der Waals surface area contributed by atoms with Gasteiger partial charge in [-0.25, -0.2) is 8.78 Å². The number of rotatable bonds is 4. The summed E-state index contributed by atoms with van der Waals surface area (Å²) in [6.07, 6.45) is 0. The monoisotopic (exact) mass is 360 g/mol. The lowest BCUT2D eigenvalue weighted by atomic mass is 10.3. The average Bonchev–Trinajstić information content (AvgIpc) is 2.42. The average molecular weight is 361 g/mol. The minimum Gasteiger partial charge on any atom is -0.453 e. The lowest BCUT2D eigenvalue weighted by Crippen LogP contribution is -1.95. The van der Waals surface area contributed by atoms with Crippen molar-refractivity contribution in [2.24, 2.45) is 0 Å². The van der Waals surface area contributed by atoms with Crippen LogP contribution in [0.3, 0.4) is 0 Å². The van der Waals surface area contributed by atoms with Crippen molar-refractivity contribution in [2.75, 3.05) is 5.75 Å². The van der Waals surface area contributed by atoms with Gasteiger partial charge in [0.05, 0.1) is 15.3 Å². The van der Waals surface area contributed by atoms with E-state index in [9.17, 15) is 13.0 Å². The molecule has 0 N–H and O–H groups in total. The van der Waals surface area contributed by atoms with Crippen molar-refractivity contribution >= 4 is 26.7 Å². The Labute approximate surface area is 126 Å². The normalized spacial score (nSPS) is 12.2. The zero-order valence-electron chi connectivity index (χ0n) is 10.5. The summed E-state index contributed by atoms with van der Waals surface area (Å²) in [5.74, 6) is -0.635. The molecule has 0 heterocycles. The van der Waals surface area contributed by atoms with E-state index < -0.39 is 22.4 Å². The SMILES string of the molecule is CCS(=O)c1ccc(Oc2ccc(F)cc2F)c(Br)c1. The third-order valence-corrected chi connectivity index (χ3v) is 4.47. The molecule has 1 atom stereocenters. The van der Waals surface area contributed by atoms with Gasteiger partial charge in [-0.15, -0.1) is 0 Å². The van der Waals surface area contributed by atoms with Gasteiger partial charge in [-0.2, -0.15) is 0 Å². The van der Waals surface area contributed by atoms with Gasteiger partial charge < -0.3 is 4.74 Å². The Morgan fingerprint density at radius 3 is 2.45 bits per heavy atom. The molecule has 6 heteroatoms. The van der Waals surface area contributed by atoms with Crippen molar-refractivity contribution in [2.45, 2.75) is 11.8 Å². The topological polar surface area (TPSA) is 26.3 Å². The smallest absolute Gasteiger partial charge is 0.168 e. The van der Waals surface area contributed by atoms with Crippen LogP contribution in [0.1, 0.15) is 6.92 Å². The second kappa shape index (κ2) is 6.45. The summed E-state index contributed by atoms with van der Waals surface area (Å²) < 4.78 is 43.9. The van der Waals surface area contributed by atoms with Crippen LogP contribution in [0.4, 0.5) is 8.78 Å². The fourth-order valence-electron chi connectivity index (χ4n) is 1.55. The molecule has 0 saturated heterocycles. The predicted molar refractivity (Wildman–Crippen MR) is 77.5 cm³/mol. The highest BCUT2D eigenvalue weighted by Crippen LogP contribution is 2.32. The highest BCUT2D eigenvalue weighted by atomic mass is 79.9. The zero-order chi connectivity index (χ0) is 14.7. The number of halogens is 3. The van der Waals surface area contributed by atoms with E-state index in [1.54, 1.807) is 18.2 Å². The van der Waals surface area contributed by atoms with E-state index in [1.807, 2.05) is 6.92 Å². The van der Waals surface area contributed by atoms with Crippen LogP contribution in [0.5, 0.6) is 11.5 Å². The van der Waals surface area contributed by atoms with Gasteiger partial charge in [0, 0.05) is 16.7 Å². The molecule has 0 spiro atoms. The molecular formula is C14H11BrF2O2S. The van der Waals surface area contributed by atoms with Gasteiger partial charge in [0.2, 0.25) is 0 Å². The first kappa shape index (κ1) is 15.1. The minimum absolute atomic E-state index is 0.0727. The second-order valence-electron chi connectivity index (χ2n) is 3.90. The fourth-order valence-corrected chi connectivity index (χ4v) is 2.96. The summed E-state index contributed by atoms with van der Waals surface area (Å²) in [4.78, 5) is 0.659. The van der Waals surface area contributed by atoms with Crippen LogP contribution in [0.25, 0.3) is 0 Å². The summed E-state index contributed by atoms with van der Waals surface area (Å²) >= 11 is 3.29. The van der Waals surface area contributed by atoms with E-state index in [2.05, 4.69) is 15.9 Å². The number of hydrogen-bond acceptors (Lipinski definition) is 2. The van der Waals surface area contributed by atoms with Crippen molar-refractivity contribution in [1.82, 2.24) is 0 Å². The lowest BCUT2D eigenvalue weighted by Gasteiger charge is -2.09. The largest absolute Gasteiger partial charge is 0.453 e. The first-order valence-corrected chi connectivity index (χ1v) is 7.93. The maximum atomic E-state index is 13.5. The Balaban J connectivity index is 2.28. The predicted octanol–water partition coefficient (Wildman–Crippen LogP) is 4.65. The third-order valence-electron chi connectivity index (χ3n) is 2.54. The van der Waals surface area contributed by atoms with Crippen molar-refractivity contribution in [3.8, 4) is 11.5 Å². The molecule has 0 saturated carbocycles. The molecule has 0 aromatic heterocycles. The molecule has 0 radical (unpaired) electrons. The third kappa shape index (κ3) is 3.43. The molecule has 2 rings (SSSR count). The summed E-state index contributed by atoms with van der Waals surface area (Å²) in [6.45, 7) is 1.82. The molecule has 106 valence electrons. The van der Waals surface area contributed by atoms with Crippen LogP contribution in [0, 0.1) is 11.6 Å². The van der Waals surface area contributed by atoms with Crippen LogP contribution >= 0.6 is 15.9 Å². The Hall–Kier alpha value is -1.27. The van der Waals surface area contributed by atoms with Gasteiger partial charge in [-0.3, -0.25) is 4.21 Å². The van der Waals surface area contributed by atoms with Crippen LogP contribution in [-0.2, 0) is 10.8 Å². The molecule has 20 heavy (non-hydrogen) atoms. The Bertz CT molecular complexity index is 662. The minimum atomic E-state index is -1.07. The zero-order valence-corrected chi connectivity index (χ0v) is 12.9. The molecule has 0 fully saturated rings. The van der Waals surface area contributed by atoms with Gasteiger partial charge in [0.15, 0.2) is 11.6 Å². The first-order chi connectivity index (χ1) is 9.51. The Kier molecular flexibility index (Phi) is 4.88. The molecular weight excluding hydrogens is 350 g/mol. The highest BCUT2D eigenvalue weighted by Gasteiger charge is 2.10. The summed E-state index contributed by atoms with van der Waals surface area (Å²) in [5, 5.41) is 0. The van der Waals surface area contributed by atoms with Crippen LogP contribution in [0.2, 0.25) is 0 Å². The van der Waals surface area contributed by atoms with Crippen LogP contribution < -0.4 is 4.74 Å². The molecule has 0 aliphatic rings. The molecule has 0 bridgehead atoms. The van der Waals surface area contributed by atoms with Crippen molar-refractivity contribution in [3.05, 3.63) is 52.5 Å². The fraction of sp³-hybridized carbons (Fsp3) is 0.143. The quantitative estimate of drug-likeness (QED) is 0.793. The van der Waals surface area contributed by atoms with Gasteiger partial charge in [-0.05, 0) is 46.3 Å². The van der Waals surface area contributed by atoms with E-state index in [0.29, 0.717) is 20.9 Å². The molecule has 1 unspecified atom stereocenters. The van der Waals surface area contributed by atoms with E-state index in [0.717, 1.165) is 12.1 Å². The number of benzene rings is 2. The van der Waals surface area contributed by atoms with Crippen molar-refractivity contribution in [3.63, 3.8) is 0 Å². The molecule has 0 aliphatic heterocycles. The second-order valence-corrected chi connectivity index (χ2v) is 6.50. The maximum absolute atomic E-state index is 13.5. The van der Waals surface area contributed by atoms with Gasteiger partial charge >= 0.3 is 0 Å². The Morgan fingerprint density at radius 2 is 1.85 bits per heavy atom. The van der Waals surface area contributed by atoms with Crippen molar-refractivity contribution < 1.29 is 17.7 Å². The van der Waals surface area contributed by atoms with E-state index in [-0.39, 0.29) is 5.75 Å². The summed E-state index contributed by atoms with van der Waals surface area (Å²) in [6, 6.07) is 8.00. The standard InChI is InChI=1S/C14H11BrF2O2S/c1-2-20(18)10-4-6-13(11(15)8-10)19-14-5-3-9(16)7-12(14)17/h3-8H,2H2,1H3. The Morgan fingerprint density at radius 1 is 1.15 bits per heavy atom. The molecule has 2 aromatic rings. The molecule has 0 amide bonds. The van der Waals surface area contributed by atoms with Crippen LogP contribution in [0.15, 0.2) is 45.8 Å². The summed E-state index contributed by atoms with van der Waals surface area (Å²) in [7, 11) is -1.07. The lowest BCUT2D eigenvalue weighted by molar-refractivity contribution is 0.435. The van der Waals surface area contributed by atoms with Gasteiger partial charge in [0.25, 0.3) is 0 Å². The van der Waals surface area contributed by atoms with E-state index in [1.165, 1.54) is 6.07 Å². The first-order valence-electron chi connectivity index (χ1n) is 5.82. The highest BCUT2D eigenvalue weighted by molar-refractivity contribution is 9.10. The molecule has 2 nitrogen and oxygen atoms in total. The molecule has 2 aromatic carbocycles. The summed E-state index contributed by atoms with van der Waals surface area (Å²) in [5.41, 5.74) is 0. The molecule has 0 aliphatic carbocycles. The number of hydrogen-bond donors (Lipinski definition) is 0. The van der Waals surface area contributed by atoms with E-state index >= 15 is 0 Å². The maximum Gasteiger partial charge on any atom is 0.168 e. The number of ether oxygens (including phenoxy) is 1. The van der Waals surface area contributed by atoms with Crippen molar-refractivity contribution in [1.29, 1.82) is 0 Å². The van der Waals surface area contributed by atoms with E-state index in [4.69, 9.17) is 4.74 Å². The van der Waals surface area contributed by atoms with Crippen LogP contribution in [-0.4, -0.2) is 9.96 Å². The van der Waals surface area contributed by atoms with Gasteiger partial charge in [0.1, 0.15) is 11.6 Å².